The average Bonchev–Trinajstić information content (AvgIpc) is 2.60. The van der Waals surface area contributed by atoms with Gasteiger partial charge in [-0.1, -0.05) is 19.3 Å². The van der Waals surface area contributed by atoms with Crippen LogP contribution in [0.25, 0.3) is 11.0 Å². The lowest BCUT2D eigenvalue weighted by Gasteiger charge is -2.32. The molecule has 5 nitrogen and oxygen atoms in total. The first-order valence-corrected chi connectivity index (χ1v) is 8.52. The zero-order valence-electron chi connectivity index (χ0n) is 14.2. The van der Waals surface area contributed by atoms with Crippen molar-refractivity contribution in [1.82, 2.24) is 4.90 Å². The fraction of sp³-hybridized carbons (Fsp3) is 0.474. The quantitative estimate of drug-likeness (QED) is 0.807. The van der Waals surface area contributed by atoms with Gasteiger partial charge in [0.05, 0.1) is 0 Å². The van der Waals surface area contributed by atoms with E-state index < -0.39 is 11.7 Å². The number of carbonyl (C=O) groups is 1. The van der Waals surface area contributed by atoms with E-state index in [4.69, 9.17) is 9.15 Å². The summed E-state index contributed by atoms with van der Waals surface area (Å²) < 4.78 is 10.9. The summed E-state index contributed by atoms with van der Waals surface area (Å²) in [4.78, 5) is 25.7. The molecule has 1 amide bonds. The van der Waals surface area contributed by atoms with E-state index in [1.165, 1.54) is 25.3 Å². The van der Waals surface area contributed by atoms with Crippen LogP contribution in [0.15, 0.2) is 39.5 Å². The van der Waals surface area contributed by atoms with Crippen LogP contribution >= 0.6 is 0 Å². The summed E-state index contributed by atoms with van der Waals surface area (Å²) in [5.74, 6) is 0.506. The van der Waals surface area contributed by atoms with Crippen LogP contribution in [0.5, 0.6) is 5.75 Å². The Labute approximate surface area is 141 Å². The van der Waals surface area contributed by atoms with Gasteiger partial charge in [-0.2, -0.15) is 0 Å². The number of ether oxygens (including phenoxy) is 1. The highest BCUT2D eigenvalue weighted by molar-refractivity contribution is 5.81. The van der Waals surface area contributed by atoms with Crippen LogP contribution in [0, 0.1) is 0 Å². The van der Waals surface area contributed by atoms with Crippen molar-refractivity contribution in [2.75, 3.05) is 7.05 Å². The van der Waals surface area contributed by atoms with Crippen LogP contribution in [0.3, 0.4) is 0 Å². The van der Waals surface area contributed by atoms with Crippen molar-refractivity contribution in [3.63, 3.8) is 0 Å². The number of rotatable bonds is 4. The molecule has 24 heavy (non-hydrogen) atoms. The fourth-order valence-corrected chi connectivity index (χ4v) is 3.30. The summed E-state index contributed by atoms with van der Waals surface area (Å²) in [6, 6.07) is 8.65. The van der Waals surface area contributed by atoms with Gasteiger partial charge in [0.15, 0.2) is 6.10 Å². The first-order chi connectivity index (χ1) is 11.5. The maximum atomic E-state index is 12.6. The lowest BCUT2D eigenvalue weighted by atomic mass is 9.94. The van der Waals surface area contributed by atoms with E-state index in [0.717, 1.165) is 18.2 Å². The lowest BCUT2D eigenvalue weighted by Crippen LogP contribution is -2.44. The van der Waals surface area contributed by atoms with Gasteiger partial charge in [-0.15, -0.1) is 0 Å². The maximum absolute atomic E-state index is 12.6. The molecule has 1 atom stereocenters. The summed E-state index contributed by atoms with van der Waals surface area (Å²) in [6.07, 6.45) is 5.17. The lowest BCUT2D eigenvalue weighted by molar-refractivity contribution is -0.139. The van der Waals surface area contributed by atoms with Crippen molar-refractivity contribution in [3.05, 3.63) is 40.8 Å². The smallest absolute Gasteiger partial charge is 0.336 e. The van der Waals surface area contributed by atoms with E-state index in [-0.39, 0.29) is 5.91 Å². The SMILES string of the molecule is C[C@H](Oc1ccc2ccc(=O)oc2c1)C(=O)N(C)C1CCCCC1. The minimum atomic E-state index is -0.579. The van der Waals surface area contributed by atoms with E-state index >= 15 is 0 Å². The predicted molar refractivity (Wildman–Crippen MR) is 92.2 cm³/mol. The summed E-state index contributed by atoms with van der Waals surface area (Å²) in [6.45, 7) is 1.76. The minimum Gasteiger partial charge on any atom is -0.481 e. The highest BCUT2D eigenvalue weighted by Crippen LogP contribution is 2.24. The molecule has 0 unspecified atom stereocenters. The average molecular weight is 329 g/mol. The van der Waals surface area contributed by atoms with Crippen molar-refractivity contribution in [2.45, 2.75) is 51.2 Å². The normalized spacial score (nSPS) is 16.8. The van der Waals surface area contributed by atoms with Gasteiger partial charge in [-0.25, -0.2) is 4.79 Å². The molecule has 0 saturated heterocycles. The zero-order valence-corrected chi connectivity index (χ0v) is 14.2. The van der Waals surface area contributed by atoms with E-state index in [9.17, 15) is 9.59 Å². The van der Waals surface area contributed by atoms with Crippen molar-refractivity contribution < 1.29 is 13.9 Å². The van der Waals surface area contributed by atoms with E-state index in [2.05, 4.69) is 0 Å². The monoisotopic (exact) mass is 329 g/mol. The topological polar surface area (TPSA) is 59.8 Å². The van der Waals surface area contributed by atoms with E-state index in [1.807, 2.05) is 18.0 Å². The van der Waals surface area contributed by atoms with Crippen LogP contribution in [-0.2, 0) is 4.79 Å². The third kappa shape index (κ3) is 3.61. The number of fused-ring (bicyclic) bond motifs is 1. The number of amides is 1. The van der Waals surface area contributed by atoms with Gasteiger partial charge >= 0.3 is 5.63 Å². The molecular weight excluding hydrogens is 306 g/mol. The van der Waals surface area contributed by atoms with Crippen LogP contribution < -0.4 is 10.4 Å². The van der Waals surface area contributed by atoms with Crippen molar-refractivity contribution in [1.29, 1.82) is 0 Å². The van der Waals surface area contributed by atoms with Gasteiger partial charge in [-0.05, 0) is 38.0 Å². The molecule has 1 aromatic carbocycles. The van der Waals surface area contributed by atoms with Crippen LogP contribution in [0.2, 0.25) is 0 Å². The molecule has 0 N–H and O–H groups in total. The van der Waals surface area contributed by atoms with Gasteiger partial charge in [-0.3, -0.25) is 4.79 Å². The highest BCUT2D eigenvalue weighted by atomic mass is 16.5. The molecule has 1 saturated carbocycles. The first kappa shape index (κ1) is 16.6. The van der Waals surface area contributed by atoms with Crippen LogP contribution in [0.4, 0.5) is 0 Å². The molecule has 0 spiro atoms. The second-order valence-corrected chi connectivity index (χ2v) is 6.46. The Morgan fingerprint density at radius 2 is 1.92 bits per heavy atom. The predicted octanol–water partition coefficient (Wildman–Crippen LogP) is 3.35. The summed E-state index contributed by atoms with van der Waals surface area (Å²) in [7, 11) is 1.86. The molecule has 1 fully saturated rings. The second-order valence-electron chi connectivity index (χ2n) is 6.46. The zero-order chi connectivity index (χ0) is 17.1. The third-order valence-corrected chi connectivity index (χ3v) is 4.73. The molecule has 0 aliphatic heterocycles. The number of hydrogen-bond donors (Lipinski definition) is 0. The number of nitrogens with zero attached hydrogens (tertiary/aromatic N) is 1. The van der Waals surface area contributed by atoms with Gasteiger partial charge in [0.25, 0.3) is 5.91 Å². The Morgan fingerprint density at radius 3 is 2.67 bits per heavy atom. The Kier molecular flexibility index (Phi) is 4.88. The third-order valence-electron chi connectivity index (χ3n) is 4.73. The summed E-state index contributed by atoms with van der Waals surface area (Å²) in [5.41, 5.74) is 0.0566. The van der Waals surface area contributed by atoms with Gasteiger partial charge in [0.2, 0.25) is 0 Å². The Bertz CT molecular complexity index is 776. The number of likely N-dealkylation sites (N-methyl/N-ethyl adjacent to an activating group) is 1. The summed E-state index contributed by atoms with van der Waals surface area (Å²) in [5, 5.41) is 0.820. The highest BCUT2D eigenvalue weighted by Gasteiger charge is 2.26. The maximum Gasteiger partial charge on any atom is 0.336 e. The molecule has 1 aliphatic carbocycles. The standard InChI is InChI=1S/C19H23NO4/c1-13(19(22)20(2)15-6-4-3-5-7-15)23-16-10-8-14-9-11-18(21)24-17(14)12-16/h8-13,15H,3-7H2,1-2H3/t13-/m0/s1. The summed E-state index contributed by atoms with van der Waals surface area (Å²) >= 11 is 0. The molecular formula is C19H23NO4. The van der Waals surface area contributed by atoms with E-state index in [0.29, 0.717) is 17.4 Å². The largest absolute Gasteiger partial charge is 0.481 e. The first-order valence-electron chi connectivity index (χ1n) is 8.52. The van der Waals surface area contributed by atoms with Gasteiger partial charge in [0, 0.05) is 30.6 Å². The Hall–Kier alpha value is -2.30. The second kappa shape index (κ2) is 7.07. The molecule has 1 aliphatic rings. The molecule has 5 heteroatoms. The molecule has 0 radical (unpaired) electrons. The van der Waals surface area contributed by atoms with Crippen LogP contribution in [-0.4, -0.2) is 30.0 Å². The van der Waals surface area contributed by atoms with Crippen molar-refractivity contribution in [3.8, 4) is 5.75 Å². The Morgan fingerprint density at radius 1 is 1.21 bits per heavy atom. The molecule has 1 aromatic heterocycles. The Balaban J connectivity index is 1.70. The van der Waals surface area contributed by atoms with Crippen molar-refractivity contribution in [2.24, 2.45) is 0 Å². The van der Waals surface area contributed by atoms with E-state index in [1.54, 1.807) is 25.1 Å². The molecule has 3 rings (SSSR count). The molecule has 2 aromatic rings. The molecule has 128 valence electrons. The minimum absolute atomic E-state index is 0.0171. The molecule has 0 bridgehead atoms. The van der Waals surface area contributed by atoms with Gasteiger partial charge in [0.1, 0.15) is 11.3 Å². The number of benzene rings is 1. The fourth-order valence-electron chi connectivity index (χ4n) is 3.30. The van der Waals surface area contributed by atoms with Gasteiger partial charge < -0.3 is 14.1 Å². The van der Waals surface area contributed by atoms with Crippen molar-refractivity contribution >= 4 is 16.9 Å². The number of hydrogen-bond acceptors (Lipinski definition) is 4. The number of carbonyl (C=O) groups excluding carboxylic acids is 1. The van der Waals surface area contributed by atoms with Crippen LogP contribution in [0.1, 0.15) is 39.0 Å². The molecule has 1 heterocycles.